The van der Waals surface area contributed by atoms with E-state index in [-0.39, 0.29) is 0 Å². The van der Waals surface area contributed by atoms with E-state index in [2.05, 4.69) is 16.0 Å². The van der Waals surface area contributed by atoms with Gasteiger partial charge in [-0.25, -0.2) is 0 Å². The molecule has 754 valence electrons. The van der Waals surface area contributed by atoms with E-state index in [1.54, 1.807) is 0 Å². The van der Waals surface area contributed by atoms with Crippen LogP contribution in [0.2, 0.25) is 0 Å². The Bertz CT molecular complexity index is 3500. The largest absolute Gasteiger partial charge is 0.394 e. The van der Waals surface area contributed by atoms with E-state index in [9.17, 15) is 173 Å². The maximum Gasteiger partial charge on any atom is 0.217 e. The molecule has 11 fully saturated rings. The normalized spacial score (nSPS) is 51.0. The third-order valence-electron chi connectivity index (χ3n) is 24.1. The van der Waals surface area contributed by atoms with Crippen molar-refractivity contribution in [1.29, 1.82) is 0 Å². The fourth-order valence-electron chi connectivity index (χ4n) is 17.0. The molecule has 0 aromatic rings. The van der Waals surface area contributed by atoms with Crippen LogP contribution in [0.3, 0.4) is 0 Å². The minimum Gasteiger partial charge on any atom is -0.394 e. The third-order valence-corrected chi connectivity index (χ3v) is 24.1. The summed E-state index contributed by atoms with van der Waals surface area (Å²) in [6.07, 6.45) is -110. The van der Waals surface area contributed by atoms with Crippen molar-refractivity contribution in [2.75, 3.05) is 66.1 Å². The first kappa shape index (κ1) is 107. The van der Waals surface area contributed by atoms with E-state index in [1.807, 2.05) is 0 Å². The number of hydrogen-bond acceptors (Lipinski definition) is 55. The highest BCUT2D eigenvalue weighted by atomic mass is 16.8. The molecule has 0 unspecified atom stereocenters. The highest BCUT2D eigenvalue weighted by molar-refractivity contribution is 5.74. The van der Waals surface area contributed by atoms with Gasteiger partial charge in [0.2, 0.25) is 17.7 Å². The van der Waals surface area contributed by atoms with Crippen LogP contribution in [0.4, 0.5) is 0 Å². The Labute approximate surface area is 735 Å². The minimum absolute atomic E-state index is 0.880. The summed E-state index contributed by atoms with van der Waals surface area (Å²) in [4.78, 5) is 40.3. The monoisotopic (exact) mass is 1910 g/mol. The van der Waals surface area contributed by atoms with Crippen molar-refractivity contribution in [1.82, 2.24) is 16.0 Å². The van der Waals surface area contributed by atoms with Crippen molar-refractivity contribution in [3.05, 3.63) is 0 Å². The lowest BCUT2D eigenvalue weighted by molar-refractivity contribution is -0.394. The molecule has 55 atom stereocenters. The summed E-state index contributed by atoms with van der Waals surface area (Å²) in [5.41, 5.74) is 0. The Morgan fingerprint density at radius 2 is 0.462 bits per heavy atom. The smallest absolute Gasteiger partial charge is 0.217 e. The van der Waals surface area contributed by atoms with Crippen molar-refractivity contribution in [3.8, 4) is 0 Å². The molecular formula is C72H121N3O55. The molecule has 58 heteroatoms. The number of rotatable bonds is 33. The molecule has 0 aliphatic carbocycles. The molecule has 3 amide bonds. The number of nitrogens with one attached hydrogen (secondary N) is 3. The molecule has 0 saturated carbocycles. The van der Waals surface area contributed by atoms with E-state index < -0.39 is 421 Å². The molecule has 11 aliphatic rings. The molecule has 34 N–H and O–H groups in total. The number of hydrogen-bond donors (Lipinski definition) is 34. The Balaban J connectivity index is 0.926. The summed E-state index contributed by atoms with van der Waals surface area (Å²) < 4.78 is 124. The maximum atomic E-state index is 13.7. The van der Waals surface area contributed by atoms with Crippen LogP contribution in [-0.2, 0) is 114 Å². The minimum atomic E-state index is -2.63. The van der Waals surface area contributed by atoms with Gasteiger partial charge in [0.15, 0.2) is 69.2 Å². The molecule has 11 rings (SSSR count). The van der Waals surface area contributed by atoms with Gasteiger partial charge in [-0.15, -0.1) is 0 Å². The van der Waals surface area contributed by atoms with Gasteiger partial charge < -0.3 is 274 Å². The van der Waals surface area contributed by atoms with Gasteiger partial charge in [0, 0.05) is 20.8 Å². The number of amides is 3. The molecule has 0 aromatic carbocycles. The van der Waals surface area contributed by atoms with Crippen LogP contribution in [0, 0.1) is 0 Å². The average Bonchev–Trinajstić information content (AvgIpc) is 0.763. The molecule has 0 bridgehead atoms. The Morgan fingerprint density at radius 3 is 0.815 bits per heavy atom. The van der Waals surface area contributed by atoms with Crippen LogP contribution in [-0.4, -0.2) is 580 Å². The quantitative estimate of drug-likeness (QED) is 0.0290. The summed E-state index contributed by atoms with van der Waals surface area (Å²) in [6.45, 7) is -7.57. The van der Waals surface area contributed by atoms with E-state index in [0.29, 0.717) is 0 Å². The molecule has 0 spiro atoms. The predicted molar refractivity (Wildman–Crippen MR) is 396 cm³/mol. The predicted octanol–water partition coefficient (Wildman–Crippen LogP) is -23.5. The van der Waals surface area contributed by atoms with Crippen LogP contribution in [0.5, 0.6) is 0 Å². The summed E-state index contributed by atoms with van der Waals surface area (Å²) in [5, 5.41) is 352. The Morgan fingerprint density at radius 1 is 0.215 bits per heavy atom. The highest BCUT2D eigenvalue weighted by Gasteiger charge is 2.63. The van der Waals surface area contributed by atoms with Crippen LogP contribution >= 0.6 is 0 Å². The van der Waals surface area contributed by atoms with Crippen molar-refractivity contribution in [2.24, 2.45) is 0 Å². The van der Waals surface area contributed by atoms with Gasteiger partial charge in [-0.2, -0.15) is 0 Å². The zero-order valence-electron chi connectivity index (χ0n) is 69.5. The van der Waals surface area contributed by atoms with Gasteiger partial charge >= 0.3 is 0 Å². The molecule has 58 nitrogen and oxygen atoms in total. The van der Waals surface area contributed by atoms with Gasteiger partial charge in [0.1, 0.15) is 262 Å². The van der Waals surface area contributed by atoms with E-state index in [1.165, 1.54) is 6.92 Å². The standard InChI is InChI=1S/C72H121N3O55/c1-15-32(88)41(97)46(102)66(111-15)126-57-31(75-18(4)87)63(118-27(13-84)56(57)125-71-51(107)60(37(93)23(9-80)117-71)130-68-48(104)43(99)34(90)20(6-77)114-68)110-14-28-38(94)61(128-65-30(74-17(3)86)39(95)53(25(11-82)120-65)122-69-50(106)59(36(92)22(8-79)115-69)129-67-47(103)42(98)33(89)19(5-76)113-67)52(108)72(121-28)123-54-26(12-83)119-64(29(40(54)96)73-16(2)85)127-58-35(91)21(7-78)116-70(49(58)105)124-55-24(10-81)112-62(109)45(101)44(55)100/h15,19-72,76-84,88-109H,5-14H2,1-4H3,(H,73,85)(H,74,86)(H,75,87)/t15-,19+,20+,21+,22+,23+,24+,25+,26+,27+,28+,29+,30+,31+,32+,33-,34-,35-,36-,37-,38-,39+,40+,41+,42-,43-,44+,45+,46-,47+,48+,49+,50+,51+,52+,53+,54+,55+,56+,57+,58-,59-,60-,61-,62+,63+,64-,65-,66-,67+,68+,69-,70-,71-,72-/m0/s1. The molecule has 11 saturated heterocycles. The Kier molecular flexibility index (Phi) is 38.1. The van der Waals surface area contributed by atoms with Crippen LogP contribution in [0.15, 0.2) is 0 Å². The van der Waals surface area contributed by atoms with Gasteiger partial charge in [-0.3, -0.25) is 14.4 Å². The SMILES string of the molecule is CC(=O)N[C@H]1[C@H](O[C@H]2[C@@H](O)[C@@H](CO)O[C@@H](O[C@H]3[C@H](O)[C@@H](O)[C@H](O)O[C@@H]3CO)[C@@H]2O)O[C@H](CO)[C@@H](O[C@@H]2O[C@H](CO[C@@H]3O[C@H](CO)[C@@H](O[C@@H]4O[C@H](CO)[C@H](O)[C@H](O[C@H]5O[C@H](CO)[C@H](O)[C@H](O)[C@H]5O)[C@H]4O)[C@H](O[C@@H]4O[C@@H](C)[C@@H](O)[C@@H](O)[C@@H]4O)[C@H]3NC(C)=O)[C@H](O)[C@H](O[C@@H]3O[C@H](CO)[C@@H](O[C@@H]4O[C@H](CO)[C@H](O)[C@H](O[C@H]5O[C@H](CO)[C@H](O)[C@H](O)[C@H]5O)[C@H]4O)[C@H](O)[C@H]3NC(C)=O)[C@H]2O)[C@@H]1O. The van der Waals surface area contributed by atoms with Crippen molar-refractivity contribution in [2.45, 2.75) is 365 Å². The zero-order valence-corrected chi connectivity index (χ0v) is 69.5. The topological polar surface area (TPSA) is 908 Å². The number of aliphatic hydroxyl groups excluding tert-OH is 31. The first-order valence-electron chi connectivity index (χ1n) is 41.5. The first-order chi connectivity index (χ1) is 61.5. The summed E-state index contributed by atoms with van der Waals surface area (Å²) in [5.74, 6) is -3.11. The lowest BCUT2D eigenvalue weighted by Crippen LogP contribution is -2.71. The number of aliphatic hydroxyl groups is 31. The van der Waals surface area contributed by atoms with Crippen molar-refractivity contribution in [3.63, 3.8) is 0 Å². The first-order valence-corrected chi connectivity index (χ1v) is 41.5. The lowest BCUT2D eigenvalue weighted by atomic mass is 9.93. The average molecular weight is 1910 g/mol. The second kappa shape index (κ2) is 46.4. The molecule has 0 aromatic heterocycles. The van der Waals surface area contributed by atoms with Gasteiger partial charge in [0.05, 0.1) is 72.2 Å². The van der Waals surface area contributed by atoms with Crippen molar-refractivity contribution >= 4 is 17.7 Å². The zero-order chi connectivity index (χ0) is 95.5. The van der Waals surface area contributed by atoms with Crippen molar-refractivity contribution < 1.29 is 272 Å². The third kappa shape index (κ3) is 22.9. The Hall–Kier alpha value is -3.67. The molecule has 11 aliphatic heterocycles. The number of carbonyl (C=O) groups excluding carboxylic acids is 3. The summed E-state index contributed by atoms with van der Waals surface area (Å²) in [7, 11) is 0. The van der Waals surface area contributed by atoms with Crippen LogP contribution in [0.1, 0.15) is 27.7 Å². The molecule has 130 heavy (non-hydrogen) atoms. The van der Waals surface area contributed by atoms with E-state index >= 15 is 0 Å². The van der Waals surface area contributed by atoms with Crippen LogP contribution < -0.4 is 16.0 Å². The molecule has 11 heterocycles. The number of ether oxygens (including phenoxy) is 21. The highest BCUT2D eigenvalue weighted by Crippen LogP contribution is 2.42. The molecule has 0 radical (unpaired) electrons. The number of carbonyl (C=O) groups is 3. The van der Waals surface area contributed by atoms with Crippen LogP contribution in [0.25, 0.3) is 0 Å². The maximum absolute atomic E-state index is 13.7. The second-order valence-corrected chi connectivity index (χ2v) is 33.0. The fourth-order valence-corrected chi connectivity index (χ4v) is 17.0. The van der Waals surface area contributed by atoms with Gasteiger partial charge in [0.25, 0.3) is 0 Å². The molecular weight excluding hydrogens is 1790 g/mol. The fraction of sp³-hybridized carbons (Fsp3) is 0.958. The van der Waals surface area contributed by atoms with E-state index in [4.69, 9.17) is 99.5 Å². The van der Waals surface area contributed by atoms with Gasteiger partial charge in [-0.1, -0.05) is 0 Å². The van der Waals surface area contributed by atoms with E-state index in [0.717, 1.165) is 20.8 Å². The van der Waals surface area contributed by atoms with Gasteiger partial charge in [-0.05, 0) is 6.92 Å². The summed E-state index contributed by atoms with van der Waals surface area (Å²) >= 11 is 0. The lowest BCUT2D eigenvalue weighted by Gasteiger charge is -2.51. The second-order valence-electron chi connectivity index (χ2n) is 33.0. The summed E-state index contributed by atoms with van der Waals surface area (Å²) in [6, 6.07) is -6.23.